The van der Waals surface area contributed by atoms with Gasteiger partial charge < -0.3 is 20.5 Å². The lowest BCUT2D eigenvalue weighted by atomic mass is 10.1. The Balaban J connectivity index is 0.000000312. The highest BCUT2D eigenvalue weighted by Crippen LogP contribution is 2.31. The topological polar surface area (TPSA) is 92.9 Å². The van der Waals surface area contributed by atoms with Gasteiger partial charge in [-0.3, -0.25) is 9.59 Å². The maximum absolute atomic E-state index is 11.5. The molecule has 6 nitrogen and oxygen atoms in total. The van der Waals surface area contributed by atoms with E-state index in [0.29, 0.717) is 0 Å². The van der Waals surface area contributed by atoms with Gasteiger partial charge >= 0.3 is 0 Å². The van der Waals surface area contributed by atoms with Crippen molar-refractivity contribution < 1.29 is 19.4 Å². The van der Waals surface area contributed by atoms with Crippen LogP contribution >= 0.6 is 22.6 Å². The lowest BCUT2D eigenvalue weighted by molar-refractivity contribution is -0.129. The number of fused-ring (bicyclic) bond motifs is 1. The maximum Gasteiger partial charge on any atom is 0.265 e. The summed E-state index contributed by atoms with van der Waals surface area (Å²) in [5, 5.41) is 9.61. The van der Waals surface area contributed by atoms with Crippen molar-refractivity contribution in [2.75, 3.05) is 11.2 Å². The Labute approximate surface area is 126 Å². The lowest BCUT2D eigenvalue weighted by Gasteiger charge is -2.14. The number of alkyl halides is 1. The van der Waals surface area contributed by atoms with E-state index in [2.05, 4.69) is 29.5 Å². The van der Waals surface area contributed by atoms with Gasteiger partial charge in [0.2, 0.25) is 0 Å². The molecule has 108 valence electrons. The number of primary amides is 1. The van der Waals surface area contributed by atoms with Gasteiger partial charge in [0.15, 0.2) is 0 Å². The number of nitrogens with zero attached hydrogens (tertiary/aromatic N) is 1. The maximum atomic E-state index is 11.5. The predicted octanol–water partition coefficient (Wildman–Crippen LogP) is 1.09. The fraction of sp³-hybridized carbons (Fsp3) is 0.667. The minimum atomic E-state index is -0.894. The van der Waals surface area contributed by atoms with E-state index in [4.69, 9.17) is 10.5 Å². The number of hydrogen-bond acceptors (Lipinski definition) is 4. The summed E-state index contributed by atoms with van der Waals surface area (Å²) in [4.78, 5) is 23.7. The summed E-state index contributed by atoms with van der Waals surface area (Å²) >= 11 is 2.39. The molecule has 2 amide bonds. The summed E-state index contributed by atoms with van der Waals surface area (Å²) in [5.74, 6) is -1.72. The molecular formula is C12H19IN2O4. The van der Waals surface area contributed by atoms with Crippen LogP contribution in [0, 0.1) is 0 Å². The zero-order valence-electron chi connectivity index (χ0n) is 11.1. The van der Waals surface area contributed by atoms with Crippen LogP contribution in [0.1, 0.15) is 26.7 Å². The number of carbonyl (C=O) groups is 2. The third-order valence-electron chi connectivity index (χ3n) is 3.00. The SMILES string of the molecule is CC1OCN2C(=O)C(C(N)=O)=C(O)C12.CCCCI. The molecule has 19 heavy (non-hydrogen) atoms. The molecule has 0 aliphatic carbocycles. The highest BCUT2D eigenvalue weighted by molar-refractivity contribution is 14.1. The number of amides is 2. The van der Waals surface area contributed by atoms with E-state index in [1.165, 1.54) is 22.2 Å². The average Bonchev–Trinajstić information content (AvgIpc) is 2.83. The third-order valence-corrected chi connectivity index (χ3v) is 3.76. The number of halogens is 1. The Morgan fingerprint density at radius 2 is 2.26 bits per heavy atom. The summed E-state index contributed by atoms with van der Waals surface area (Å²) in [6.07, 6.45) is 2.40. The first-order valence-electron chi connectivity index (χ1n) is 6.17. The first-order valence-corrected chi connectivity index (χ1v) is 7.69. The molecule has 0 aromatic carbocycles. The summed E-state index contributed by atoms with van der Waals surface area (Å²) in [6.45, 7) is 4.02. The molecule has 1 saturated heterocycles. The van der Waals surface area contributed by atoms with Crippen LogP contribution in [0.15, 0.2) is 11.3 Å². The molecule has 2 rings (SSSR count). The normalized spacial score (nSPS) is 25.2. The standard InChI is InChI=1S/C8H10N2O4.C4H9I/c1-3-5-6(11)4(7(9)12)8(13)10(5)2-14-3;1-2-3-4-5/h3,5,11H,2H2,1H3,(H2,9,12);2-4H2,1H3. The van der Waals surface area contributed by atoms with Crippen molar-refractivity contribution >= 4 is 34.4 Å². The zero-order chi connectivity index (χ0) is 14.6. The van der Waals surface area contributed by atoms with Gasteiger partial charge in [-0.25, -0.2) is 0 Å². The highest BCUT2D eigenvalue weighted by atomic mass is 127. The molecule has 2 heterocycles. The Kier molecular flexibility index (Phi) is 6.05. The van der Waals surface area contributed by atoms with Crippen LogP contribution in [0.25, 0.3) is 0 Å². The molecule has 2 aliphatic heterocycles. The van der Waals surface area contributed by atoms with Crippen molar-refractivity contribution in [1.82, 2.24) is 4.90 Å². The molecule has 0 spiro atoms. The number of carbonyl (C=O) groups excluding carboxylic acids is 2. The van der Waals surface area contributed by atoms with Gasteiger partial charge in [0.05, 0.1) is 6.10 Å². The molecule has 0 saturated carbocycles. The Morgan fingerprint density at radius 3 is 2.63 bits per heavy atom. The predicted molar refractivity (Wildman–Crippen MR) is 78.7 cm³/mol. The molecule has 7 heteroatoms. The van der Waals surface area contributed by atoms with Gasteiger partial charge in [-0.15, -0.1) is 0 Å². The molecular weight excluding hydrogens is 363 g/mol. The number of unbranched alkanes of at least 4 members (excludes halogenated alkanes) is 1. The van der Waals surface area contributed by atoms with Crippen molar-refractivity contribution in [3.05, 3.63) is 11.3 Å². The summed E-state index contributed by atoms with van der Waals surface area (Å²) < 4.78 is 6.46. The average molecular weight is 382 g/mol. The third kappa shape index (κ3) is 3.38. The Hall–Kier alpha value is -0.830. The second-order valence-corrected chi connectivity index (χ2v) is 5.47. The number of aliphatic hydroxyl groups is 1. The second-order valence-electron chi connectivity index (χ2n) is 4.39. The summed E-state index contributed by atoms with van der Waals surface area (Å²) in [5.41, 5.74) is 4.67. The molecule has 0 bridgehead atoms. The molecule has 0 radical (unpaired) electrons. The van der Waals surface area contributed by atoms with Gasteiger partial charge in [-0.05, 0) is 17.8 Å². The number of rotatable bonds is 3. The van der Waals surface area contributed by atoms with E-state index in [9.17, 15) is 14.7 Å². The van der Waals surface area contributed by atoms with Crippen LogP contribution in [-0.2, 0) is 14.3 Å². The van der Waals surface area contributed by atoms with Crippen molar-refractivity contribution in [1.29, 1.82) is 0 Å². The Bertz CT molecular complexity index is 395. The van der Waals surface area contributed by atoms with Crippen LogP contribution in [0.3, 0.4) is 0 Å². The summed E-state index contributed by atoms with van der Waals surface area (Å²) in [6, 6.07) is -0.551. The van der Waals surface area contributed by atoms with Gasteiger partial charge in [-0.1, -0.05) is 35.9 Å². The van der Waals surface area contributed by atoms with Crippen LogP contribution in [0.2, 0.25) is 0 Å². The molecule has 1 fully saturated rings. The largest absolute Gasteiger partial charge is 0.509 e. The van der Waals surface area contributed by atoms with Crippen molar-refractivity contribution in [2.24, 2.45) is 5.73 Å². The van der Waals surface area contributed by atoms with E-state index >= 15 is 0 Å². The fourth-order valence-electron chi connectivity index (χ4n) is 1.94. The number of ether oxygens (including phenoxy) is 1. The first-order chi connectivity index (χ1) is 8.95. The molecule has 0 aromatic rings. The van der Waals surface area contributed by atoms with Crippen molar-refractivity contribution in [2.45, 2.75) is 38.8 Å². The van der Waals surface area contributed by atoms with E-state index in [1.54, 1.807) is 6.92 Å². The van der Waals surface area contributed by atoms with Gasteiger partial charge in [0, 0.05) is 0 Å². The monoisotopic (exact) mass is 382 g/mol. The first kappa shape index (κ1) is 16.2. The van der Waals surface area contributed by atoms with Gasteiger partial charge in [0.1, 0.15) is 24.1 Å². The van der Waals surface area contributed by atoms with E-state index in [0.717, 1.165) is 0 Å². The Morgan fingerprint density at radius 1 is 1.63 bits per heavy atom. The molecule has 2 aliphatic rings. The van der Waals surface area contributed by atoms with Crippen molar-refractivity contribution in [3.8, 4) is 0 Å². The molecule has 2 unspecified atom stereocenters. The number of aliphatic hydroxyl groups excluding tert-OH is 1. The van der Waals surface area contributed by atoms with Gasteiger partial charge in [0.25, 0.3) is 11.8 Å². The van der Waals surface area contributed by atoms with Crippen LogP contribution in [0.4, 0.5) is 0 Å². The fourth-order valence-corrected chi connectivity index (χ4v) is 2.71. The van der Waals surface area contributed by atoms with Crippen LogP contribution in [-0.4, -0.2) is 45.1 Å². The van der Waals surface area contributed by atoms with Crippen LogP contribution in [0.5, 0.6) is 0 Å². The smallest absolute Gasteiger partial charge is 0.265 e. The quantitative estimate of drug-likeness (QED) is 0.434. The minimum Gasteiger partial charge on any atom is -0.509 e. The molecule has 3 N–H and O–H groups in total. The molecule has 2 atom stereocenters. The van der Waals surface area contributed by atoms with Crippen LogP contribution < -0.4 is 5.73 Å². The van der Waals surface area contributed by atoms with E-state index in [-0.39, 0.29) is 24.2 Å². The van der Waals surface area contributed by atoms with E-state index < -0.39 is 17.9 Å². The van der Waals surface area contributed by atoms with Gasteiger partial charge in [-0.2, -0.15) is 0 Å². The number of hydrogen-bond donors (Lipinski definition) is 2. The van der Waals surface area contributed by atoms with E-state index in [1.807, 2.05) is 0 Å². The summed E-state index contributed by atoms with van der Waals surface area (Å²) in [7, 11) is 0. The van der Waals surface area contributed by atoms with Crippen molar-refractivity contribution in [3.63, 3.8) is 0 Å². The zero-order valence-corrected chi connectivity index (χ0v) is 13.2. The minimum absolute atomic E-state index is 0.0888. The molecule has 0 aromatic heterocycles. The lowest BCUT2D eigenvalue weighted by Crippen LogP contribution is -2.34. The highest BCUT2D eigenvalue weighted by Gasteiger charge is 2.48. The second kappa shape index (κ2) is 7.09. The number of nitrogens with two attached hydrogens (primary N) is 1.